The highest BCUT2D eigenvalue weighted by Crippen LogP contribution is 2.09. The molecule has 0 atom stereocenters. The molecule has 1 aromatic carbocycles. The smallest absolute Gasteiger partial charge is 0.317 e. The predicted octanol–water partition coefficient (Wildman–Crippen LogP) is 2.89. The zero-order chi connectivity index (χ0) is 16.5. The Morgan fingerprint density at radius 1 is 1.17 bits per heavy atom. The molecule has 1 N–H and O–H groups in total. The molecule has 1 saturated heterocycles. The van der Waals surface area contributed by atoms with Crippen molar-refractivity contribution in [2.75, 3.05) is 39.3 Å². The van der Waals surface area contributed by atoms with Gasteiger partial charge in [0.05, 0.1) is 0 Å². The van der Waals surface area contributed by atoms with Crippen LogP contribution in [0.15, 0.2) is 24.3 Å². The molecule has 4 nitrogen and oxygen atoms in total. The Labute approximate surface area is 138 Å². The molecule has 0 aromatic heterocycles. The minimum Gasteiger partial charge on any atom is -0.338 e. The monoisotopic (exact) mass is 321 g/mol. The van der Waals surface area contributed by atoms with E-state index in [2.05, 4.69) is 17.1 Å². The molecule has 23 heavy (non-hydrogen) atoms. The number of hydrogen-bond acceptors (Lipinski definition) is 2. The highest BCUT2D eigenvalue weighted by atomic mass is 19.1. The van der Waals surface area contributed by atoms with E-state index >= 15 is 0 Å². The van der Waals surface area contributed by atoms with Crippen molar-refractivity contribution in [2.24, 2.45) is 0 Å². The second-order valence-electron chi connectivity index (χ2n) is 6.11. The fraction of sp³-hybridized carbons (Fsp3) is 0.611. The van der Waals surface area contributed by atoms with E-state index in [1.807, 2.05) is 17.0 Å². The number of rotatable bonds is 7. The van der Waals surface area contributed by atoms with Crippen LogP contribution in [0, 0.1) is 5.82 Å². The average molecular weight is 321 g/mol. The Kier molecular flexibility index (Phi) is 7.33. The van der Waals surface area contributed by atoms with Gasteiger partial charge < -0.3 is 10.2 Å². The van der Waals surface area contributed by atoms with Crippen LogP contribution in [0.5, 0.6) is 0 Å². The van der Waals surface area contributed by atoms with Gasteiger partial charge in [0.1, 0.15) is 5.82 Å². The lowest BCUT2D eigenvalue weighted by Crippen LogP contribution is -2.52. The third-order valence-corrected chi connectivity index (χ3v) is 4.37. The molecule has 1 aliphatic rings. The number of carbonyl (C=O) groups is 1. The largest absolute Gasteiger partial charge is 0.338 e. The SMILES string of the molecule is CCCCCNC(=O)N1CCN(CCc2ccccc2F)CC1. The number of nitrogens with one attached hydrogen (secondary N) is 1. The number of amides is 2. The molecular weight excluding hydrogens is 293 g/mol. The van der Waals surface area contributed by atoms with Crippen molar-refractivity contribution in [3.63, 3.8) is 0 Å². The van der Waals surface area contributed by atoms with E-state index in [1.165, 1.54) is 6.07 Å². The van der Waals surface area contributed by atoms with Crippen LogP contribution in [0.3, 0.4) is 0 Å². The number of unbranched alkanes of at least 4 members (excludes halogenated alkanes) is 2. The highest BCUT2D eigenvalue weighted by molar-refractivity contribution is 5.74. The molecule has 2 rings (SSSR count). The van der Waals surface area contributed by atoms with Gasteiger partial charge in [-0.25, -0.2) is 9.18 Å². The number of piperazine rings is 1. The summed E-state index contributed by atoms with van der Waals surface area (Å²) in [5.41, 5.74) is 0.767. The van der Waals surface area contributed by atoms with Crippen molar-refractivity contribution in [3.05, 3.63) is 35.6 Å². The van der Waals surface area contributed by atoms with Gasteiger partial charge in [0.25, 0.3) is 0 Å². The summed E-state index contributed by atoms with van der Waals surface area (Å²) >= 11 is 0. The van der Waals surface area contributed by atoms with Crippen LogP contribution in [0.25, 0.3) is 0 Å². The summed E-state index contributed by atoms with van der Waals surface area (Å²) in [5, 5.41) is 2.99. The average Bonchev–Trinajstić information content (AvgIpc) is 2.58. The molecule has 0 bridgehead atoms. The van der Waals surface area contributed by atoms with E-state index in [9.17, 15) is 9.18 Å². The minimum absolute atomic E-state index is 0.0508. The Bertz CT molecular complexity index is 487. The summed E-state index contributed by atoms with van der Waals surface area (Å²) in [6, 6.07) is 7.00. The van der Waals surface area contributed by atoms with Crippen LogP contribution in [-0.2, 0) is 6.42 Å². The number of hydrogen-bond donors (Lipinski definition) is 1. The maximum absolute atomic E-state index is 13.6. The van der Waals surface area contributed by atoms with Crippen LogP contribution in [-0.4, -0.2) is 55.1 Å². The first kappa shape index (κ1) is 17.7. The summed E-state index contributed by atoms with van der Waals surface area (Å²) in [6.45, 7) is 6.97. The van der Waals surface area contributed by atoms with Gasteiger partial charge in [-0.3, -0.25) is 4.90 Å². The molecule has 1 aromatic rings. The molecular formula is C18H28FN3O. The fourth-order valence-electron chi connectivity index (χ4n) is 2.84. The quantitative estimate of drug-likeness (QED) is 0.784. The second kappa shape index (κ2) is 9.50. The first-order valence-corrected chi connectivity index (χ1v) is 8.69. The first-order valence-electron chi connectivity index (χ1n) is 8.69. The predicted molar refractivity (Wildman–Crippen MR) is 91.0 cm³/mol. The van der Waals surface area contributed by atoms with Crippen LogP contribution < -0.4 is 5.32 Å². The Morgan fingerprint density at radius 2 is 1.91 bits per heavy atom. The van der Waals surface area contributed by atoms with E-state index < -0.39 is 0 Å². The van der Waals surface area contributed by atoms with Crippen molar-refractivity contribution in [1.82, 2.24) is 15.1 Å². The minimum atomic E-state index is -0.127. The Balaban J connectivity index is 1.65. The van der Waals surface area contributed by atoms with Crippen molar-refractivity contribution in [2.45, 2.75) is 32.6 Å². The van der Waals surface area contributed by atoms with Gasteiger partial charge in [-0.2, -0.15) is 0 Å². The van der Waals surface area contributed by atoms with Gasteiger partial charge in [-0.05, 0) is 24.5 Å². The van der Waals surface area contributed by atoms with Gasteiger partial charge in [-0.15, -0.1) is 0 Å². The van der Waals surface area contributed by atoms with Gasteiger partial charge >= 0.3 is 6.03 Å². The molecule has 0 aliphatic carbocycles. The molecule has 0 radical (unpaired) electrons. The van der Waals surface area contributed by atoms with Crippen molar-refractivity contribution < 1.29 is 9.18 Å². The standard InChI is InChI=1S/C18H28FN3O/c1-2-3-6-10-20-18(23)22-14-12-21(13-15-22)11-9-16-7-4-5-8-17(16)19/h4-5,7-8H,2-3,6,9-15H2,1H3,(H,20,23). The maximum Gasteiger partial charge on any atom is 0.317 e. The molecule has 0 saturated carbocycles. The van der Waals surface area contributed by atoms with Crippen molar-refractivity contribution >= 4 is 6.03 Å². The normalized spacial score (nSPS) is 15.7. The zero-order valence-electron chi connectivity index (χ0n) is 14.1. The topological polar surface area (TPSA) is 35.6 Å². The van der Waals surface area contributed by atoms with Gasteiger partial charge in [-0.1, -0.05) is 38.0 Å². The molecule has 5 heteroatoms. The summed E-state index contributed by atoms with van der Waals surface area (Å²) in [6.07, 6.45) is 4.08. The summed E-state index contributed by atoms with van der Waals surface area (Å²) < 4.78 is 13.6. The van der Waals surface area contributed by atoms with Gasteiger partial charge in [0.15, 0.2) is 0 Å². The fourth-order valence-corrected chi connectivity index (χ4v) is 2.84. The molecule has 128 valence electrons. The van der Waals surface area contributed by atoms with Gasteiger partial charge in [0, 0.05) is 39.3 Å². The molecule has 0 unspecified atom stereocenters. The number of halogens is 1. The summed E-state index contributed by atoms with van der Waals surface area (Å²) in [4.78, 5) is 16.2. The molecule has 0 spiro atoms. The van der Waals surface area contributed by atoms with Gasteiger partial charge in [0.2, 0.25) is 0 Å². The van der Waals surface area contributed by atoms with Crippen molar-refractivity contribution in [3.8, 4) is 0 Å². The third-order valence-electron chi connectivity index (χ3n) is 4.37. The highest BCUT2D eigenvalue weighted by Gasteiger charge is 2.20. The van der Waals surface area contributed by atoms with E-state index in [4.69, 9.17) is 0 Å². The van der Waals surface area contributed by atoms with Crippen LogP contribution in [0.4, 0.5) is 9.18 Å². The third kappa shape index (κ3) is 5.82. The number of nitrogens with zero attached hydrogens (tertiary/aromatic N) is 2. The van der Waals surface area contributed by atoms with E-state index in [0.717, 1.165) is 70.5 Å². The summed E-state index contributed by atoms with van der Waals surface area (Å²) in [5.74, 6) is -0.127. The van der Waals surface area contributed by atoms with Crippen LogP contribution >= 0.6 is 0 Å². The van der Waals surface area contributed by atoms with E-state index in [1.54, 1.807) is 6.07 Å². The molecule has 1 heterocycles. The Morgan fingerprint density at radius 3 is 2.61 bits per heavy atom. The maximum atomic E-state index is 13.6. The number of benzene rings is 1. The summed E-state index contributed by atoms with van der Waals surface area (Å²) in [7, 11) is 0. The molecule has 2 amide bonds. The number of carbonyl (C=O) groups excluding carboxylic acids is 1. The molecule has 1 aliphatic heterocycles. The Hall–Kier alpha value is -1.62. The van der Waals surface area contributed by atoms with Crippen LogP contribution in [0.2, 0.25) is 0 Å². The lowest BCUT2D eigenvalue weighted by molar-refractivity contribution is 0.140. The zero-order valence-corrected chi connectivity index (χ0v) is 14.1. The first-order chi connectivity index (χ1) is 11.2. The van der Waals surface area contributed by atoms with E-state index in [-0.39, 0.29) is 11.8 Å². The van der Waals surface area contributed by atoms with E-state index in [0.29, 0.717) is 0 Å². The lowest BCUT2D eigenvalue weighted by atomic mass is 10.1. The van der Waals surface area contributed by atoms with Crippen molar-refractivity contribution in [1.29, 1.82) is 0 Å². The number of urea groups is 1. The lowest BCUT2D eigenvalue weighted by Gasteiger charge is -2.34. The second-order valence-corrected chi connectivity index (χ2v) is 6.11. The van der Waals surface area contributed by atoms with Crippen LogP contribution in [0.1, 0.15) is 31.7 Å². The molecule has 1 fully saturated rings.